The van der Waals surface area contributed by atoms with E-state index in [9.17, 15) is 31.7 Å². The standard InChI is InChI=1S/C18H14F3N3O5S2/c1-29-16-6-5-14(9-15(16)24(25)26)31(27,28)23-17-22-10-13(30-17)8-11-3-2-4-12(7-11)18(19,20)21/h2-7,9-10H,8H2,1H3,(H,22,23). The first-order chi connectivity index (χ1) is 14.5. The van der Waals surface area contributed by atoms with Gasteiger partial charge >= 0.3 is 11.9 Å². The topological polar surface area (TPSA) is 111 Å². The Kier molecular flexibility index (Phi) is 6.18. The van der Waals surface area contributed by atoms with Gasteiger partial charge in [-0.05, 0) is 23.8 Å². The summed E-state index contributed by atoms with van der Waals surface area (Å²) in [6.45, 7) is 0. The number of benzene rings is 2. The van der Waals surface area contributed by atoms with E-state index >= 15 is 0 Å². The quantitative estimate of drug-likeness (QED) is 0.400. The lowest BCUT2D eigenvalue weighted by molar-refractivity contribution is -0.386. The molecule has 0 saturated heterocycles. The molecule has 0 bridgehead atoms. The maximum atomic E-state index is 12.8. The van der Waals surface area contributed by atoms with Crippen LogP contribution >= 0.6 is 11.3 Å². The molecule has 2 aromatic carbocycles. The van der Waals surface area contributed by atoms with Gasteiger partial charge in [0.05, 0.1) is 22.5 Å². The van der Waals surface area contributed by atoms with E-state index in [-0.39, 0.29) is 22.2 Å². The Morgan fingerprint density at radius 2 is 1.97 bits per heavy atom. The zero-order valence-corrected chi connectivity index (χ0v) is 17.3. The van der Waals surface area contributed by atoms with Crippen LogP contribution in [0.15, 0.2) is 53.6 Å². The van der Waals surface area contributed by atoms with Crippen molar-refractivity contribution in [2.75, 3.05) is 11.8 Å². The van der Waals surface area contributed by atoms with Gasteiger partial charge in [-0.15, -0.1) is 11.3 Å². The first-order valence-corrected chi connectivity index (χ1v) is 10.8. The second kappa shape index (κ2) is 8.51. The Morgan fingerprint density at radius 3 is 2.61 bits per heavy atom. The van der Waals surface area contributed by atoms with Gasteiger partial charge in [-0.25, -0.2) is 13.4 Å². The van der Waals surface area contributed by atoms with E-state index in [1.807, 2.05) is 0 Å². The maximum Gasteiger partial charge on any atom is 0.416 e. The fourth-order valence-electron chi connectivity index (χ4n) is 2.65. The Balaban J connectivity index is 1.79. The molecule has 3 aromatic rings. The SMILES string of the molecule is COc1ccc(S(=O)(=O)Nc2ncc(Cc3cccc(C(F)(F)F)c3)s2)cc1[N+](=O)[O-]. The van der Waals surface area contributed by atoms with E-state index in [1.165, 1.54) is 25.4 Å². The molecule has 0 atom stereocenters. The average Bonchev–Trinajstić information content (AvgIpc) is 3.12. The van der Waals surface area contributed by atoms with Crippen molar-refractivity contribution in [3.05, 3.63) is 74.8 Å². The largest absolute Gasteiger partial charge is 0.490 e. The van der Waals surface area contributed by atoms with Crippen LogP contribution in [0.5, 0.6) is 5.75 Å². The zero-order chi connectivity index (χ0) is 22.8. The molecule has 0 spiro atoms. The number of alkyl halides is 3. The maximum absolute atomic E-state index is 12.8. The number of hydrogen-bond acceptors (Lipinski definition) is 7. The summed E-state index contributed by atoms with van der Waals surface area (Å²) in [7, 11) is -2.97. The van der Waals surface area contributed by atoms with Crippen LogP contribution in [-0.4, -0.2) is 25.4 Å². The van der Waals surface area contributed by atoms with Gasteiger partial charge in [0.25, 0.3) is 10.0 Å². The molecule has 164 valence electrons. The molecule has 0 aliphatic rings. The lowest BCUT2D eigenvalue weighted by atomic mass is 10.1. The lowest BCUT2D eigenvalue weighted by Crippen LogP contribution is -2.13. The van der Waals surface area contributed by atoms with Crippen molar-refractivity contribution in [3.63, 3.8) is 0 Å². The number of nitrogens with zero attached hydrogens (tertiary/aromatic N) is 2. The number of nitro benzene ring substituents is 1. The molecule has 0 unspecified atom stereocenters. The third kappa shape index (κ3) is 5.30. The molecule has 1 N–H and O–H groups in total. The number of nitrogens with one attached hydrogen (secondary N) is 1. The van der Waals surface area contributed by atoms with Crippen LogP contribution in [0.3, 0.4) is 0 Å². The lowest BCUT2D eigenvalue weighted by Gasteiger charge is -2.08. The Morgan fingerprint density at radius 1 is 1.23 bits per heavy atom. The predicted molar refractivity (Wildman–Crippen MR) is 107 cm³/mol. The monoisotopic (exact) mass is 473 g/mol. The Bertz CT molecular complexity index is 1230. The van der Waals surface area contributed by atoms with E-state index in [0.717, 1.165) is 41.7 Å². The third-order valence-electron chi connectivity index (χ3n) is 4.07. The van der Waals surface area contributed by atoms with E-state index in [4.69, 9.17) is 4.74 Å². The highest BCUT2D eigenvalue weighted by Crippen LogP contribution is 2.32. The van der Waals surface area contributed by atoms with Crippen LogP contribution in [-0.2, 0) is 22.6 Å². The van der Waals surface area contributed by atoms with Gasteiger partial charge in [0.15, 0.2) is 10.9 Å². The smallest absolute Gasteiger partial charge is 0.416 e. The highest BCUT2D eigenvalue weighted by atomic mass is 32.2. The number of anilines is 1. The van der Waals surface area contributed by atoms with Gasteiger partial charge in [0.2, 0.25) is 0 Å². The number of nitro groups is 1. The van der Waals surface area contributed by atoms with Crippen molar-refractivity contribution in [2.24, 2.45) is 0 Å². The van der Waals surface area contributed by atoms with Crippen molar-refractivity contribution in [2.45, 2.75) is 17.5 Å². The molecule has 8 nitrogen and oxygen atoms in total. The number of methoxy groups -OCH3 is 1. The predicted octanol–water partition coefficient (Wildman–Crippen LogP) is 4.47. The zero-order valence-electron chi connectivity index (χ0n) is 15.7. The number of thiazole rings is 1. The minimum atomic E-state index is -4.47. The number of hydrogen-bond donors (Lipinski definition) is 1. The summed E-state index contributed by atoms with van der Waals surface area (Å²) in [4.78, 5) is 14.4. The van der Waals surface area contributed by atoms with Crippen molar-refractivity contribution < 1.29 is 31.2 Å². The minimum absolute atomic E-state index is 0.0274. The van der Waals surface area contributed by atoms with Gasteiger partial charge < -0.3 is 4.74 Å². The molecule has 0 fully saturated rings. The highest BCUT2D eigenvalue weighted by Gasteiger charge is 2.30. The number of rotatable bonds is 7. The van der Waals surface area contributed by atoms with Gasteiger partial charge in [0.1, 0.15) is 0 Å². The molecule has 31 heavy (non-hydrogen) atoms. The fourth-order valence-corrected chi connectivity index (χ4v) is 4.76. The van der Waals surface area contributed by atoms with Crippen LogP contribution in [0.1, 0.15) is 16.0 Å². The van der Waals surface area contributed by atoms with E-state index < -0.39 is 32.4 Å². The van der Waals surface area contributed by atoms with Crippen molar-refractivity contribution in [1.29, 1.82) is 0 Å². The van der Waals surface area contributed by atoms with Crippen LogP contribution in [0.4, 0.5) is 24.0 Å². The third-order valence-corrected chi connectivity index (χ3v) is 6.44. The normalized spacial score (nSPS) is 11.9. The molecule has 0 saturated carbocycles. The summed E-state index contributed by atoms with van der Waals surface area (Å²) in [5.74, 6) is -0.0958. The fraction of sp³-hybridized carbons (Fsp3) is 0.167. The van der Waals surface area contributed by atoms with E-state index in [1.54, 1.807) is 0 Å². The summed E-state index contributed by atoms with van der Waals surface area (Å²) in [6, 6.07) is 7.95. The molecular weight excluding hydrogens is 459 g/mol. The second-order valence-electron chi connectivity index (χ2n) is 6.20. The number of halogens is 3. The van der Waals surface area contributed by atoms with Crippen LogP contribution in [0.2, 0.25) is 0 Å². The molecule has 3 rings (SSSR count). The molecule has 0 radical (unpaired) electrons. The van der Waals surface area contributed by atoms with Crippen LogP contribution in [0, 0.1) is 10.1 Å². The van der Waals surface area contributed by atoms with Gasteiger partial charge in [-0.2, -0.15) is 13.2 Å². The van der Waals surface area contributed by atoms with Gasteiger partial charge in [-0.1, -0.05) is 18.2 Å². The number of aromatic nitrogens is 1. The first-order valence-electron chi connectivity index (χ1n) is 8.45. The van der Waals surface area contributed by atoms with Gasteiger partial charge in [-0.3, -0.25) is 14.8 Å². The molecule has 0 aliphatic carbocycles. The summed E-state index contributed by atoms with van der Waals surface area (Å²) in [5.41, 5.74) is -0.912. The van der Waals surface area contributed by atoms with Crippen LogP contribution < -0.4 is 9.46 Å². The summed E-state index contributed by atoms with van der Waals surface area (Å²) in [6.07, 6.45) is -3.00. The molecular formula is C18H14F3N3O5S2. The summed E-state index contributed by atoms with van der Waals surface area (Å²) < 4.78 is 70.7. The Labute approximate surface area is 178 Å². The highest BCUT2D eigenvalue weighted by molar-refractivity contribution is 7.93. The van der Waals surface area contributed by atoms with Crippen molar-refractivity contribution in [1.82, 2.24) is 4.98 Å². The minimum Gasteiger partial charge on any atom is -0.490 e. The average molecular weight is 473 g/mol. The molecule has 1 heterocycles. The molecule has 13 heteroatoms. The number of sulfonamides is 1. The molecule has 1 aromatic heterocycles. The summed E-state index contributed by atoms with van der Waals surface area (Å²) in [5, 5.41) is 11.1. The Hall–Kier alpha value is -3.19. The molecule has 0 amide bonds. The van der Waals surface area contributed by atoms with Gasteiger partial charge in [0, 0.05) is 23.6 Å². The number of ether oxygens (including phenoxy) is 1. The summed E-state index contributed by atoms with van der Waals surface area (Å²) >= 11 is 0.940. The van der Waals surface area contributed by atoms with E-state index in [0.29, 0.717) is 10.4 Å². The second-order valence-corrected chi connectivity index (χ2v) is 9.00. The van der Waals surface area contributed by atoms with Crippen LogP contribution in [0.25, 0.3) is 0 Å². The van der Waals surface area contributed by atoms with Crippen molar-refractivity contribution in [3.8, 4) is 5.75 Å². The van der Waals surface area contributed by atoms with Crippen molar-refractivity contribution >= 4 is 32.2 Å². The first kappa shape index (κ1) is 22.5. The van der Waals surface area contributed by atoms with E-state index in [2.05, 4.69) is 9.71 Å². The molecule has 0 aliphatic heterocycles.